The average molecular weight is 316 g/mol. The summed E-state index contributed by atoms with van der Waals surface area (Å²) in [5.41, 5.74) is 1.02. The molecular formula is C14H15F3N2OS. The number of alkyl halides is 3. The number of thiazole rings is 1. The summed E-state index contributed by atoms with van der Waals surface area (Å²) in [6, 6.07) is 7.49. The fourth-order valence-electron chi connectivity index (χ4n) is 1.68. The van der Waals surface area contributed by atoms with Crippen LogP contribution in [0.25, 0.3) is 10.6 Å². The predicted molar refractivity (Wildman–Crippen MR) is 76.6 cm³/mol. The van der Waals surface area contributed by atoms with Gasteiger partial charge < -0.3 is 10.1 Å². The maximum Gasteiger partial charge on any atom is 0.401 e. The third-order valence-electron chi connectivity index (χ3n) is 2.63. The van der Waals surface area contributed by atoms with Gasteiger partial charge in [0.05, 0.1) is 13.2 Å². The first-order valence-corrected chi connectivity index (χ1v) is 7.33. The summed E-state index contributed by atoms with van der Waals surface area (Å²) < 4.78 is 41.1. The maximum atomic E-state index is 11.9. The molecular weight excluding hydrogens is 301 g/mol. The molecule has 0 atom stereocenters. The molecule has 114 valence electrons. The first kappa shape index (κ1) is 15.8. The van der Waals surface area contributed by atoms with Gasteiger partial charge >= 0.3 is 6.18 Å². The molecule has 1 N–H and O–H groups in total. The lowest BCUT2D eigenvalue weighted by Crippen LogP contribution is -2.30. The first-order valence-electron chi connectivity index (χ1n) is 6.45. The molecule has 1 aromatic carbocycles. The number of rotatable bonds is 7. The van der Waals surface area contributed by atoms with Gasteiger partial charge in [0, 0.05) is 17.1 Å². The van der Waals surface area contributed by atoms with Crippen molar-refractivity contribution >= 4 is 11.3 Å². The van der Waals surface area contributed by atoms with Gasteiger partial charge in [0.2, 0.25) is 0 Å². The highest BCUT2D eigenvalue weighted by molar-refractivity contribution is 7.13. The van der Waals surface area contributed by atoms with Gasteiger partial charge in [-0.05, 0) is 37.2 Å². The van der Waals surface area contributed by atoms with Gasteiger partial charge in [-0.25, -0.2) is 4.98 Å². The Balaban J connectivity index is 1.67. The molecule has 7 heteroatoms. The number of hydrogen-bond acceptors (Lipinski definition) is 4. The number of nitrogens with one attached hydrogen (secondary N) is 1. The van der Waals surface area contributed by atoms with E-state index in [1.165, 1.54) is 0 Å². The van der Waals surface area contributed by atoms with Crippen LogP contribution in [0.1, 0.15) is 6.42 Å². The molecule has 1 heterocycles. The SMILES string of the molecule is FC(F)(F)CNCCCOc1ccc(-c2nccs2)cc1. The van der Waals surface area contributed by atoms with Gasteiger partial charge in [-0.3, -0.25) is 0 Å². The van der Waals surface area contributed by atoms with Gasteiger partial charge in [-0.2, -0.15) is 13.2 Å². The number of hydrogen-bond donors (Lipinski definition) is 1. The number of benzene rings is 1. The Labute approximate surface area is 124 Å². The zero-order chi connectivity index (χ0) is 15.1. The van der Waals surface area contributed by atoms with Crippen LogP contribution in [-0.4, -0.2) is 30.9 Å². The quantitative estimate of drug-likeness (QED) is 0.790. The highest BCUT2D eigenvalue weighted by Crippen LogP contribution is 2.24. The number of nitrogens with zero attached hydrogens (tertiary/aromatic N) is 1. The first-order chi connectivity index (χ1) is 10.0. The van der Waals surface area contributed by atoms with E-state index >= 15 is 0 Å². The van der Waals surface area contributed by atoms with Crippen molar-refractivity contribution in [2.45, 2.75) is 12.6 Å². The van der Waals surface area contributed by atoms with E-state index in [-0.39, 0.29) is 6.54 Å². The molecule has 2 aromatic rings. The molecule has 0 fully saturated rings. The van der Waals surface area contributed by atoms with Crippen LogP contribution in [0.2, 0.25) is 0 Å². The van der Waals surface area contributed by atoms with Crippen LogP contribution in [0.5, 0.6) is 5.75 Å². The number of halogens is 3. The lowest BCUT2D eigenvalue weighted by Gasteiger charge is -2.09. The Morgan fingerprint density at radius 1 is 1.19 bits per heavy atom. The molecule has 0 bridgehead atoms. The van der Waals surface area contributed by atoms with E-state index in [1.54, 1.807) is 17.5 Å². The fraction of sp³-hybridized carbons (Fsp3) is 0.357. The molecule has 0 saturated carbocycles. The van der Waals surface area contributed by atoms with E-state index in [9.17, 15) is 13.2 Å². The lowest BCUT2D eigenvalue weighted by atomic mass is 10.2. The molecule has 1 aromatic heterocycles. The molecule has 0 aliphatic carbocycles. The van der Waals surface area contributed by atoms with E-state index < -0.39 is 12.7 Å². The summed E-state index contributed by atoms with van der Waals surface area (Å²) in [5, 5.41) is 5.18. The molecule has 21 heavy (non-hydrogen) atoms. The highest BCUT2D eigenvalue weighted by Gasteiger charge is 2.25. The average Bonchev–Trinajstić information content (AvgIpc) is 2.96. The number of ether oxygens (including phenoxy) is 1. The van der Waals surface area contributed by atoms with E-state index in [2.05, 4.69) is 10.3 Å². The van der Waals surface area contributed by atoms with Crippen molar-refractivity contribution in [2.75, 3.05) is 19.7 Å². The number of aromatic nitrogens is 1. The topological polar surface area (TPSA) is 34.1 Å². The Morgan fingerprint density at radius 2 is 1.95 bits per heavy atom. The second-order valence-corrected chi connectivity index (χ2v) is 5.25. The van der Waals surface area contributed by atoms with Crippen LogP contribution in [0.15, 0.2) is 35.8 Å². The third-order valence-corrected chi connectivity index (χ3v) is 3.45. The Bertz CT molecular complexity index is 526. The van der Waals surface area contributed by atoms with E-state index in [0.29, 0.717) is 18.8 Å². The standard InChI is InChI=1S/C14H15F3N2OS/c15-14(16,17)10-18-6-1-8-20-12-4-2-11(3-5-12)13-19-7-9-21-13/h2-5,7,9,18H,1,6,8,10H2. The lowest BCUT2D eigenvalue weighted by molar-refractivity contribution is -0.124. The summed E-state index contributed by atoms with van der Waals surface area (Å²) in [6.07, 6.45) is -1.89. The van der Waals surface area contributed by atoms with Gasteiger partial charge in [-0.15, -0.1) is 11.3 Å². The molecule has 0 unspecified atom stereocenters. The second kappa shape index (κ2) is 7.42. The maximum absolute atomic E-state index is 11.9. The molecule has 0 spiro atoms. The minimum atomic E-state index is -4.16. The van der Waals surface area contributed by atoms with Crippen LogP contribution >= 0.6 is 11.3 Å². The Morgan fingerprint density at radius 3 is 2.57 bits per heavy atom. The Hall–Kier alpha value is -1.60. The Kier molecular flexibility index (Phi) is 5.58. The van der Waals surface area contributed by atoms with Crippen LogP contribution < -0.4 is 10.1 Å². The molecule has 2 rings (SSSR count). The van der Waals surface area contributed by atoms with Crippen LogP contribution in [0.4, 0.5) is 13.2 Å². The summed E-state index contributed by atoms with van der Waals surface area (Å²) >= 11 is 1.56. The van der Waals surface area contributed by atoms with Crippen LogP contribution in [0.3, 0.4) is 0 Å². The minimum absolute atomic E-state index is 0.275. The van der Waals surface area contributed by atoms with E-state index in [4.69, 9.17) is 4.74 Å². The molecule has 0 aliphatic rings. The summed E-state index contributed by atoms with van der Waals surface area (Å²) in [4.78, 5) is 4.21. The zero-order valence-electron chi connectivity index (χ0n) is 11.2. The van der Waals surface area contributed by atoms with Gasteiger partial charge in [0.15, 0.2) is 0 Å². The van der Waals surface area contributed by atoms with Crippen molar-refractivity contribution in [1.82, 2.24) is 10.3 Å². The van der Waals surface area contributed by atoms with E-state index in [1.807, 2.05) is 29.6 Å². The van der Waals surface area contributed by atoms with Crippen molar-refractivity contribution in [2.24, 2.45) is 0 Å². The third kappa shape index (κ3) is 5.73. The largest absolute Gasteiger partial charge is 0.494 e. The van der Waals surface area contributed by atoms with Crippen LogP contribution in [-0.2, 0) is 0 Å². The monoisotopic (exact) mass is 316 g/mol. The molecule has 0 amide bonds. The molecule has 0 saturated heterocycles. The minimum Gasteiger partial charge on any atom is -0.494 e. The predicted octanol–water partition coefficient (Wildman–Crippen LogP) is 3.73. The van der Waals surface area contributed by atoms with Gasteiger partial charge in [0.25, 0.3) is 0 Å². The van der Waals surface area contributed by atoms with Crippen molar-refractivity contribution in [1.29, 1.82) is 0 Å². The molecule has 0 aliphatic heterocycles. The highest BCUT2D eigenvalue weighted by atomic mass is 32.1. The molecule has 0 radical (unpaired) electrons. The fourth-order valence-corrected chi connectivity index (χ4v) is 2.32. The summed E-state index contributed by atoms with van der Waals surface area (Å²) in [6.45, 7) is -0.312. The van der Waals surface area contributed by atoms with Crippen molar-refractivity contribution in [3.8, 4) is 16.3 Å². The van der Waals surface area contributed by atoms with Gasteiger partial charge in [-0.1, -0.05) is 0 Å². The zero-order valence-corrected chi connectivity index (χ0v) is 12.0. The second-order valence-electron chi connectivity index (χ2n) is 4.36. The van der Waals surface area contributed by atoms with E-state index in [0.717, 1.165) is 10.6 Å². The summed E-state index contributed by atoms with van der Waals surface area (Å²) in [5.74, 6) is 0.700. The van der Waals surface area contributed by atoms with Crippen molar-refractivity contribution < 1.29 is 17.9 Å². The van der Waals surface area contributed by atoms with Crippen molar-refractivity contribution in [3.63, 3.8) is 0 Å². The molecule has 3 nitrogen and oxygen atoms in total. The van der Waals surface area contributed by atoms with Crippen molar-refractivity contribution in [3.05, 3.63) is 35.8 Å². The normalized spacial score (nSPS) is 11.6. The summed E-state index contributed by atoms with van der Waals surface area (Å²) in [7, 11) is 0. The smallest absolute Gasteiger partial charge is 0.401 e. The van der Waals surface area contributed by atoms with Gasteiger partial charge in [0.1, 0.15) is 10.8 Å². The van der Waals surface area contributed by atoms with Crippen LogP contribution in [0, 0.1) is 0 Å².